The lowest BCUT2D eigenvalue weighted by Gasteiger charge is -2.18. The Morgan fingerprint density at radius 2 is 1.89 bits per heavy atom. The molecule has 0 bridgehead atoms. The highest BCUT2D eigenvalue weighted by Gasteiger charge is 2.42. The van der Waals surface area contributed by atoms with E-state index in [1.54, 1.807) is 0 Å². The van der Waals surface area contributed by atoms with Gasteiger partial charge in [0.1, 0.15) is 5.82 Å². The monoisotopic (exact) mass is 248 g/mol. The molecule has 0 saturated heterocycles. The molecule has 1 aromatic carbocycles. The Morgan fingerprint density at radius 3 is 2.39 bits per heavy atom. The molecule has 2 aliphatic carbocycles. The molecule has 2 fully saturated rings. The fourth-order valence-corrected chi connectivity index (χ4v) is 2.50. The van der Waals surface area contributed by atoms with Gasteiger partial charge in [-0.05, 0) is 55.7 Å². The Hall–Kier alpha value is -1.58. The highest BCUT2D eigenvalue weighted by Crippen LogP contribution is 2.44. The van der Waals surface area contributed by atoms with E-state index < -0.39 is 5.82 Å². The van der Waals surface area contributed by atoms with Gasteiger partial charge in [-0.15, -0.1) is 0 Å². The molecule has 18 heavy (non-hydrogen) atoms. The van der Waals surface area contributed by atoms with Gasteiger partial charge >= 0.3 is 0 Å². The highest BCUT2D eigenvalue weighted by atomic mass is 19.1. The zero-order valence-corrected chi connectivity index (χ0v) is 10.2. The SMILES string of the molecule is Nc1cc(F)ccc1C(=O)NC(C1CC1)C1CC1. The van der Waals surface area contributed by atoms with E-state index in [0.29, 0.717) is 23.4 Å². The summed E-state index contributed by atoms with van der Waals surface area (Å²) in [4.78, 5) is 12.1. The molecule has 0 radical (unpaired) electrons. The molecule has 2 aliphatic rings. The van der Waals surface area contributed by atoms with E-state index in [9.17, 15) is 9.18 Å². The standard InChI is InChI=1S/C14H17FN2O/c15-10-5-6-11(12(16)7-10)14(18)17-13(8-1-2-8)9-3-4-9/h5-9,13H,1-4,16H2,(H,17,18). The van der Waals surface area contributed by atoms with Crippen molar-refractivity contribution in [3.63, 3.8) is 0 Å². The van der Waals surface area contributed by atoms with Crippen molar-refractivity contribution in [2.45, 2.75) is 31.7 Å². The number of carbonyl (C=O) groups is 1. The summed E-state index contributed by atoms with van der Waals surface area (Å²) in [7, 11) is 0. The Labute approximate surface area is 106 Å². The van der Waals surface area contributed by atoms with Crippen molar-refractivity contribution in [2.24, 2.45) is 11.8 Å². The molecule has 0 unspecified atom stereocenters. The highest BCUT2D eigenvalue weighted by molar-refractivity contribution is 5.99. The number of halogens is 1. The van der Waals surface area contributed by atoms with Crippen LogP contribution in [0.25, 0.3) is 0 Å². The minimum Gasteiger partial charge on any atom is -0.398 e. The molecule has 2 saturated carbocycles. The molecule has 3 N–H and O–H groups in total. The van der Waals surface area contributed by atoms with Gasteiger partial charge in [-0.1, -0.05) is 0 Å². The van der Waals surface area contributed by atoms with E-state index in [0.717, 1.165) is 0 Å². The van der Waals surface area contributed by atoms with Crippen molar-refractivity contribution in [3.05, 3.63) is 29.6 Å². The number of anilines is 1. The smallest absolute Gasteiger partial charge is 0.253 e. The van der Waals surface area contributed by atoms with E-state index in [4.69, 9.17) is 5.73 Å². The lowest BCUT2D eigenvalue weighted by molar-refractivity contribution is 0.0927. The molecule has 1 aromatic rings. The minimum atomic E-state index is -0.412. The number of hydrogen-bond donors (Lipinski definition) is 2. The topological polar surface area (TPSA) is 55.1 Å². The fourth-order valence-electron chi connectivity index (χ4n) is 2.50. The number of rotatable bonds is 4. The van der Waals surface area contributed by atoms with Crippen LogP contribution >= 0.6 is 0 Å². The number of nitrogens with two attached hydrogens (primary N) is 1. The third-order valence-corrected chi connectivity index (χ3v) is 3.82. The van der Waals surface area contributed by atoms with Gasteiger partial charge in [0, 0.05) is 11.7 Å². The number of amides is 1. The van der Waals surface area contributed by atoms with Crippen LogP contribution in [0.2, 0.25) is 0 Å². The average Bonchev–Trinajstić information content (AvgIpc) is 3.17. The van der Waals surface area contributed by atoms with Crippen LogP contribution in [0, 0.1) is 17.7 Å². The molecule has 0 heterocycles. The van der Waals surface area contributed by atoms with E-state index in [-0.39, 0.29) is 11.6 Å². The molecule has 0 aromatic heterocycles. The molecule has 0 atom stereocenters. The third-order valence-electron chi connectivity index (χ3n) is 3.82. The second kappa shape index (κ2) is 4.26. The number of benzene rings is 1. The second-order valence-corrected chi connectivity index (χ2v) is 5.41. The first-order valence-corrected chi connectivity index (χ1v) is 6.51. The molecule has 0 aliphatic heterocycles. The molecular formula is C14H17FN2O. The molecule has 4 heteroatoms. The molecule has 3 rings (SSSR count). The maximum atomic E-state index is 12.9. The third kappa shape index (κ3) is 2.33. The average molecular weight is 248 g/mol. The Morgan fingerprint density at radius 1 is 1.28 bits per heavy atom. The Kier molecular flexibility index (Phi) is 2.73. The van der Waals surface area contributed by atoms with Crippen LogP contribution in [0.5, 0.6) is 0 Å². The number of hydrogen-bond acceptors (Lipinski definition) is 2. The van der Waals surface area contributed by atoms with Gasteiger partial charge in [-0.2, -0.15) is 0 Å². The van der Waals surface area contributed by atoms with E-state index in [1.807, 2.05) is 0 Å². The van der Waals surface area contributed by atoms with Crippen LogP contribution in [-0.2, 0) is 0 Å². The lowest BCUT2D eigenvalue weighted by Crippen LogP contribution is -2.38. The number of nitrogens with one attached hydrogen (secondary N) is 1. The zero-order valence-electron chi connectivity index (χ0n) is 10.2. The summed E-state index contributed by atoms with van der Waals surface area (Å²) < 4.78 is 12.9. The molecule has 96 valence electrons. The normalized spacial score (nSPS) is 19.0. The van der Waals surface area contributed by atoms with Crippen LogP contribution in [0.3, 0.4) is 0 Å². The van der Waals surface area contributed by atoms with Crippen molar-refractivity contribution < 1.29 is 9.18 Å². The summed E-state index contributed by atoms with van der Waals surface area (Å²) in [6.07, 6.45) is 4.83. The van der Waals surface area contributed by atoms with Gasteiger partial charge in [0.25, 0.3) is 5.91 Å². The Bertz CT molecular complexity index is 469. The summed E-state index contributed by atoms with van der Waals surface area (Å²) >= 11 is 0. The maximum Gasteiger partial charge on any atom is 0.253 e. The first kappa shape index (κ1) is 11.5. The Balaban J connectivity index is 1.73. The van der Waals surface area contributed by atoms with Crippen LogP contribution in [0.15, 0.2) is 18.2 Å². The molecule has 0 spiro atoms. The summed E-state index contributed by atoms with van der Waals surface area (Å²) in [6.45, 7) is 0. The number of carbonyl (C=O) groups excluding carboxylic acids is 1. The second-order valence-electron chi connectivity index (χ2n) is 5.41. The molecule has 3 nitrogen and oxygen atoms in total. The zero-order chi connectivity index (χ0) is 12.7. The summed E-state index contributed by atoms with van der Waals surface area (Å²) in [5.74, 6) is 0.701. The van der Waals surface area contributed by atoms with Gasteiger partial charge in [0.2, 0.25) is 0 Å². The van der Waals surface area contributed by atoms with Gasteiger partial charge in [0.15, 0.2) is 0 Å². The van der Waals surface area contributed by atoms with Crippen LogP contribution in [0.4, 0.5) is 10.1 Å². The maximum absolute atomic E-state index is 12.9. The van der Waals surface area contributed by atoms with Gasteiger partial charge in [-0.25, -0.2) is 4.39 Å². The van der Waals surface area contributed by atoms with Gasteiger partial charge < -0.3 is 11.1 Å². The van der Waals surface area contributed by atoms with Crippen molar-refractivity contribution in [1.82, 2.24) is 5.32 Å². The summed E-state index contributed by atoms with van der Waals surface area (Å²) in [5, 5.41) is 3.08. The minimum absolute atomic E-state index is 0.170. The van der Waals surface area contributed by atoms with Crippen molar-refractivity contribution in [3.8, 4) is 0 Å². The number of nitrogen functional groups attached to an aromatic ring is 1. The quantitative estimate of drug-likeness (QED) is 0.803. The van der Waals surface area contributed by atoms with Gasteiger partial charge in [-0.3, -0.25) is 4.79 Å². The van der Waals surface area contributed by atoms with Crippen LogP contribution in [-0.4, -0.2) is 11.9 Å². The predicted octanol–water partition coefficient (Wildman–Crippen LogP) is 2.33. The van der Waals surface area contributed by atoms with E-state index in [2.05, 4.69) is 5.32 Å². The molecular weight excluding hydrogens is 231 g/mol. The van der Waals surface area contributed by atoms with Crippen molar-refractivity contribution >= 4 is 11.6 Å². The lowest BCUT2D eigenvalue weighted by atomic mass is 10.1. The van der Waals surface area contributed by atoms with Crippen molar-refractivity contribution in [1.29, 1.82) is 0 Å². The van der Waals surface area contributed by atoms with E-state index in [1.165, 1.54) is 43.9 Å². The van der Waals surface area contributed by atoms with Crippen LogP contribution in [0.1, 0.15) is 36.0 Å². The first-order valence-electron chi connectivity index (χ1n) is 6.51. The van der Waals surface area contributed by atoms with Crippen molar-refractivity contribution in [2.75, 3.05) is 5.73 Å². The summed E-state index contributed by atoms with van der Waals surface area (Å²) in [5.41, 5.74) is 6.26. The fraction of sp³-hybridized carbons (Fsp3) is 0.500. The predicted molar refractivity (Wildman–Crippen MR) is 67.5 cm³/mol. The summed E-state index contributed by atoms with van der Waals surface area (Å²) in [6, 6.07) is 4.21. The van der Waals surface area contributed by atoms with Crippen LogP contribution < -0.4 is 11.1 Å². The van der Waals surface area contributed by atoms with Gasteiger partial charge in [0.05, 0.1) is 5.56 Å². The molecule has 1 amide bonds. The first-order chi connectivity index (χ1) is 8.65. The van der Waals surface area contributed by atoms with E-state index >= 15 is 0 Å². The largest absolute Gasteiger partial charge is 0.398 e.